The molecular formula is C30H30N4O4S. The molecule has 200 valence electrons. The van der Waals surface area contributed by atoms with Gasteiger partial charge in [0, 0.05) is 18.8 Å². The molecule has 9 heteroatoms. The first kappa shape index (κ1) is 27.7. The fourth-order valence-electron chi connectivity index (χ4n) is 4.69. The second kappa shape index (κ2) is 11.6. The van der Waals surface area contributed by atoms with Crippen LogP contribution in [0.25, 0.3) is 11.1 Å². The van der Waals surface area contributed by atoms with Gasteiger partial charge in [-0.25, -0.2) is 8.42 Å². The van der Waals surface area contributed by atoms with E-state index in [1.54, 1.807) is 48.8 Å². The second-order valence-electron chi connectivity index (χ2n) is 9.34. The van der Waals surface area contributed by atoms with Gasteiger partial charge in [0.2, 0.25) is 15.7 Å². The highest BCUT2D eigenvalue weighted by atomic mass is 32.2. The Labute approximate surface area is 228 Å². The van der Waals surface area contributed by atoms with E-state index in [4.69, 9.17) is 0 Å². The minimum atomic E-state index is -4.40. The zero-order chi connectivity index (χ0) is 28.2. The first-order chi connectivity index (χ1) is 18.7. The predicted octanol–water partition coefficient (Wildman–Crippen LogP) is 5.37. The van der Waals surface area contributed by atoms with Crippen LogP contribution >= 0.6 is 0 Å². The Hall–Kier alpha value is -4.29. The SMILES string of the molecule is CCCCc1nc(O)c(S(=O)(=O)c2ccc(-c3ccncc3C)cc2)c(=O)n1[C@@H](CC)c1ccc(C#N)cc1. The van der Waals surface area contributed by atoms with E-state index < -0.39 is 32.2 Å². The van der Waals surface area contributed by atoms with Gasteiger partial charge in [0.05, 0.1) is 22.6 Å². The van der Waals surface area contributed by atoms with Gasteiger partial charge in [-0.15, -0.1) is 0 Å². The van der Waals surface area contributed by atoms with Crippen molar-refractivity contribution in [1.82, 2.24) is 14.5 Å². The lowest BCUT2D eigenvalue weighted by Gasteiger charge is -2.23. The number of benzene rings is 2. The molecule has 2 heterocycles. The predicted molar refractivity (Wildman–Crippen MR) is 148 cm³/mol. The number of aromatic hydroxyl groups is 1. The fraction of sp³-hybridized carbons (Fsp3) is 0.267. The molecule has 0 unspecified atom stereocenters. The number of nitriles is 1. The monoisotopic (exact) mass is 542 g/mol. The van der Waals surface area contributed by atoms with Crippen molar-refractivity contribution in [3.63, 3.8) is 0 Å². The zero-order valence-electron chi connectivity index (χ0n) is 22.1. The topological polar surface area (TPSA) is 126 Å². The van der Waals surface area contributed by atoms with Gasteiger partial charge in [-0.1, -0.05) is 44.5 Å². The lowest BCUT2D eigenvalue weighted by atomic mass is 10.0. The van der Waals surface area contributed by atoms with Gasteiger partial charge in [0.25, 0.3) is 5.56 Å². The van der Waals surface area contributed by atoms with Crippen molar-refractivity contribution < 1.29 is 13.5 Å². The smallest absolute Gasteiger partial charge is 0.277 e. The maximum absolute atomic E-state index is 13.9. The van der Waals surface area contributed by atoms with Crippen LogP contribution in [-0.4, -0.2) is 28.1 Å². The minimum Gasteiger partial charge on any atom is -0.492 e. The third kappa shape index (κ3) is 5.47. The summed E-state index contributed by atoms with van der Waals surface area (Å²) in [6.45, 7) is 5.80. The third-order valence-corrected chi connectivity index (χ3v) is 8.56. The summed E-state index contributed by atoms with van der Waals surface area (Å²) in [5.74, 6) is -0.482. The van der Waals surface area contributed by atoms with Crippen LogP contribution in [0.4, 0.5) is 0 Å². The van der Waals surface area contributed by atoms with E-state index in [0.29, 0.717) is 30.7 Å². The van der Waals surface area contributed by atoms with Crippen molar-refractivity contribution in [2.24, 2.45) is 0 Å². The molecule has 1 atom stereocenters. The number of aryl methyl sites for hydroxylation is 2. The van der Waals surface area contributed by atoms with E-state index in [1.807, 2.05) is 26.8 Å². The van der Waals surface area contributed by atoms with Gasteiger partial charge in [0.1, 0.15) is 5.82 Å². The molecule has 0 bridgehead atoms. The van der Waals surface area contributed by atoms with Crippen LogP contribution in [0, 0.1) is 18.3 Å². The van der Waals surface area contributed by atoms with E-state index in [-0.39, 0.29) is 4.90 Å². The van der Waals surface area contributed by atoms with Gasteiger partial charge in [0.15, 0.2) is 4.90 Å². The molecule has 39 heavy (non-hydrogen) atoms. The normalized spacial score (nSPS) is 12.2. The average Bonchev–Trinajstić information content (AvgIpc) is 2.94. The van der Waals surface area contributed by atoms with E-state index in [1.165, 1.54) is 16.7 Å². The molecular weight excluding hydrogens is 512 g/mol. The molecule has 0 aliphatic rings. The van der Waals surface area contributed by atoms with Crippen LogP contribution in [0.2, 0.25) is 0 Å². The van der Waals surface area contributed by atoms with Crippen molar-refractivity contribution in [2.75, 3.05) is 0 Å². The average molecular weight is 543 g/mol. The number of unbranched alkanes of at least 4 members (excludes halogenated alkanes) is 1. The lowest BCUT2D eigenvalue weighted by Crippen LogP contribution is -2.33. The van der Waals surface area contributed by atoms with Crippen LogP contribution in [0.15, 0.2) is 81.6 Å². The Bertz CT molecular complexity index is 1690. The van der Waals surface area contributed by atoms with Gasteiger partial charge in [-0.3, -0.25) is 14.3 Å². The molecule has 4 aromatic rings. The van der Waals surface area contributed by atoms with E-state index in [2.05, 4.69) is 16.0 Å². The minimum absolute atomic E-state index is 0.119. The molecule has 0 radical (unpaired) electrons. The van der Waals surface area contributed by atoms with E-state index >= 15 is 0 Å². The summed E-state index contributed by atoms with van der Waals surface area (Å²) in [6.07, 6.45) is 5.79. The number of sulfone groups is 1. The molecule has 0 aliphatic carbocycles. The van der Waals surface area contributed by atoms with Crippen molar-refractivity contribution in [1.29, 1.82) is 5.26 Å². The zero-order valence-corrected chi connectivity index (χ0v) is 22.9. The van der Waals surface area contributed by atoms with Crippen molar-refractivity contribution in [3.05, 3.63) is 99.9 Å². The Morgan fingerprint density at radius 3 is 2.33 bits per heavy atom. The Kier molecular flexibility index (Phi) is 8.27. The standard InChI is InChI=1S/C30H30N4O4S/c1-4-6-7-27-33-29(35)28(30(36)34(27)26(5-2)23-10-8-21(18-31)9-11-23)39(37,38)24-14-12-22(13-15-24)25-16-17-32-19-20(25)3/h8-17,19,26,35H,4-7H2,1-3H3/t26-/m0/s1. The van der Waals surface area contributed by atoms with Crippen LogP contribution in [0.5, 0.6) is 5.88 Å². The van der Waals surface area contributed by atoms with E-state index in [0.717, 1.165) is 28.7 Å². The number of aromatic nitrogens is 3. The van der Waals surface area contributed by atoms with Crippen molar-refractivity contribution in [2.45, 2.75) is 62.3 Å². The van der Waals surface area contributed by atoms with Crippen LogP contribution < -0.4 is 5.56 Å². The molecule has 4 rings (SSSR count). The lowest BCUT2D eigenvalue weighted by molar-refractivity contribution is 0.406. The molecule has 2 aromatic heterocycles. The summed E-state index contributed by atoms with van der Waals surface area (Å²) in [7, 11) is -4.40. The highest BCUT2D eigenvalue weighted by Crippen LogP contribution is 2.30. The maximum atomic E-state index is 13.9. The summed E-state index contributed by atoms with van der Waals surface area (Å²) < 4.78 is 28.9. The quantitative estimate of drug-likeness (QED) is 0.301. The summed E-state index contributed by atoms with van der Waals surface area (Å²) >= 11 is 0. The number of hydrogen-bond acceptors (Lipinski definition) is 7. The van der Waals surface area contributed by atoms with Crippen molar-refractivity contribution >= 4 is 9.84 Å². The van der Waals surface area contributed by atoms with E-state index in [9.17, 15) is 23.6 Å². The second-order valence-corrected chi connectivity index (χ2v) is 11.2. The molecule has 0 aliphatic heterocycles. The summed E-state index contributed by atoms with van der Waals surface area (Å²) in [4.78, 5) is 21.4. The number of pyridine rings is 1. The fourth-order valence-corrected chi connectivity index (χ4v) is 6.04. The van der Waals surface area contributed by atoms with Gasteiger partial charge >= 0.3 is 0 Å². The van der Waals surface area contributed by atoms with Gasteiger partial charge in [-0.05, 0) is 72.4 Å². The molecule has 8 nitrogen and oxygen atoms in total. The Morgan fingerprint density at radius 2 is 1.74 bits per heavy atom. The molecule has 0 spiro atoms. The highest BCUT2D eigenvalue weighted by Gasteiger charge is 2.31. The maximum Gasteiger partial charge on any atom is 0.277 e. The largest absolute Gasteiger partial charge is 0.492 e. The molecule has 2 aromatic carbocycles. The number of hydrogen-bond donors (Lipinski definition) is 1. The Balaban J connectivity index is 1.86. The summed E-state index contributed by atoms with van der Waals surface area (Å²) in [6, 6.07) is 16.4. The van der Waals surface area contributed by atoms with Crippen molar-refractivity contribution in [3.8, 4) is 23.1 Å². The first-order valence-electron chi connectivity index (χ1n) is 12.8. The molecule has 0 saturated carbocycles. The van der Waals surface area contributed by atoms with Crippen LogP contribution in [0.1, 0.15) is 61.7 Å². The molecule has 0 amide bonds. The third-order valence-electron chi connectivity index (χ3n) is 6.77. The molecule has 1 N–H and O–H groups in total. The Morgan fingerprint density at radius 1 is 1.05 bits per heavy atom. The van der Waals surface area contributed by atoms with Crippen LogP contribution in [-0.2, 0) is 16.3 Å². The first-order valence-corrected chi connectivity index (χ1v) is 14.3. The van der Waals surface area contributed by atoms with Gasteiger partial charge in [-0.2, -0.15) is 10.2 Å². The molecule has 0 saturated heterocycles. The number of rotatable bonds is 9. The molecule has 0 fully saturated rings. The van der Waals surface area contributed by atoms with Gasteiger partial charge < -0.3 is 5.11 Å². The van der Waals surface area contributed by atoms with Crippen LogP contribution in [0.3, 0.4) is 0 Å². The highest BCUT2D eigenvalue weighted by molar-refractivity contribution is 7.91. The summed E-state index contributed by atoms with van der Waals surface area (Å²) in [5, 5.41) is 20.0. The number of nitrogens with zero attached hydrogens (tertiary/aromatic N) is 4. The summed E-state index contributed by atoms with van der Waals surface area (Å²) in [5.41, 5.74) is 3.05.